The van der Waals surface area contributed by atoms with Gasteiger partial charge in [0.1, 0.15) is 66.5 Å². The number of carboxylic acid groups (broad SMARTS) is 1. The van der Waals surface area contributed by atoms with E-state index in [1.54, 1.807) is 0 Å². The Morgan fingerprint density at radius 1 is 0.712 bits per heavy atom. The lowest BCUT2D eigenvalue weighted by Crippen LogP contribution is -2.68. The molecule has 5 aliphatic carbocycles. The third kappa shape index (κ3) is 7.64. The first-order valence-corrected chi connectivity index (χ1v) is 23.8. The van der Waals surface area contributed by atoms with E-state index in [0.717, 1.165) is 24.8 Å². The number of hydrogen-bond donors (Lipinski definition) is 11. The number of fused-ring (bicyclic) bond motifs is 7. The van der Waals surface area contributed by atoms with Crippen LogP contribution >= 0.6 is 0 Å². The number of ether oxygens (including phenoxy) is 6. The van der Waals surface area contributed by atoms with Crippen molar-refractivity contribution < 1.29 is 94.2 Å². The molecule has 376 valence electrons. The van der Waals surface area contributed by atoms with Crippen LogP contribution in [0, 0.1) is 50.2 Å². The maximum atomic E-state index is 15.0. The van der Waals surface area contributed by atoms with Crippen molar-refractivity contribution in [3.05, 3.63) is 11.6 Å². The van der Waals surface area contributed by atoms with Gasteiger partial charge in [-0.2, -0.15) is 0 Å². The van der Waals surface area contributed by atoms with E-state index >= 15 is 0 Å². The van der Waals surface area contributed by atoms with Crippen LogP contribution in [-0.2, 0) is 38.0 Å². The lowest BCUT2D eigenvalue weighted by molar-refractivity contribution is -0.347. The van der Waals surface area contributed by atoms with Gasteiger partial charge in [-0.25, -0.2) is 4.79 Å². The highest BCUT2D eigenvalue weighted by Crippen LogP contribution is 2.76. The summed E-state index contributed by atoms with van der Waals surface area (Å²) in [7, 11) is 0. The van der Waals surface area contributed by atoms with Gasteiger partial charge in [0.15, 0.2) is 18.7 Å². The Hall–Kier alpha value is -1.92. The fourth-order valence-electron chi connectivity index (χ4n) is 14.9. The zero-order valence-corrected chi connectivity index (χ0v) is 39.0. The van der Waals surface area contributed by atoms with Crippen LogP contribution in [-0.4, -0.2) is 180 Å². The molecular weight excluding hydrogens is 868 g/mol. The van der Waals surface area contributed by atoms with Crippen molar-refractivity contribution in [2.45, 2.75) is 204 Å². The molecule has 19 nitrogen and oxygen atoms in total. The van der Waals surface area contributed by atoms with Crippen LogP contribution < -0.4 is 0 Å². The molecule has 23 unspecified atom stereocenters. The Balaban J connectivity index is 1.04. The number of hydrogen-bond acceptors (Lipinski definition) is 18. The minimum Gasteiger partial charge on any atom is -0.479 e. The highest BCUT2D eigenvalue weighted by molar-refractivity contribution is 5.80. The molecule has 0 bridgehead atoms. The second kappa shape index (κ2) is 17.4. The zero-order chi connectivity index (χ0) is 48.4. The first-order valence-electron chi connectivity index (χ1n) is 23.8. The van der Waals surface area contributed by atoms with Gasteiger partial charge in [0.05, 0.1) is 25.4 Å². The number of carbonyl (C=O) groups excluding carboxylic acids is 1. The fraction of sp³-hybridized carbons (Fsp3) is 0.915. The van der Waals surface area contributed by atoms with Crippen LogP contribution in [0.5, 0.6) is 0 Å². The standard InChI is InChI=1S/C47H74O19/c1-42(2)14-15-47(41(60)66-38-34(57)35(22(49)19-61-38)64-39-32(55)29(52)28(51)23(18-48)62-39)21(16-42)20-8-9-25-44(5)12-11-27(63-40-33(56)30(53)31(54)36(65-40)37(58)59)43(3,4)24(44)10-13-45(25,6)46(20,7)17-26(47)50/h8,21-36,38-40,48-57H,9-19H2,1-7H3,(H,58,59). The molecule has 0 aromatic carbocycles. The van der Waals surface area contributed by atoms with Gasteiger partial charge < -0.3 is 84.6 Å². The van der Waals surface area contributed by atoms with Crippen LogP contribution in [0.1, 0.15) is 106 Å². The molecule has 11 N–H and O–H groups in total. The summed E-state index contributed by atoms with van der Waals surface area (Å²) in [5, 5.41) is 117. The molecule has 23 atom stereocenters. The minimum absolute atomic E-state index is 0.108. The van der Waals surface area contributed by atoms with E-state index < -0.39 is 146 Å². The number of esters is 1. The molecule has 66 heavy (non-hydrogen) atoms. The Bertz CT molecular complexity index is 1860. The van der Waals surface area contributed by atoms with Crippen LogP contribution in [0.4, 0.5) is 0 Å². The predicted octanol–water partition coefficient (Wildman–Crippen LogP) is -0.157. The summed E-state index contributed by atoms with van der Waals surface area (Å²) in [6, 6.07) is 0. The van der Waals surface area contributed by atoms with Crippen LogP contribution in [0.15, 0.2) is 11.6 Å². The average molecular weight is 943 g/mol. The molecule has 19 heteroatoms. The molecule has 7 fully saturated rings. The SMILES string of the molecule is CC1(C)CCC2(C(=O)OC3OCC(O)C(OC4OC(CO)C(O)C(O)C4O)C3O)C(O)CC3(C)C(=CCC4C5(C)CCC(OC6OC(C(=O)O)C(O)C(O)C6O)C(C)(C)C5CCC43C)C2C1. The molecule has 0 amide bonds. The van der Waals surface area contributed by atoms with E-state index in [2.05, 4.69) is 54.5 Å². The van der Waals surface area contributed by atoms with Crippen molar-refractivity contribution in [3.8, 4) is 0 Å². The number of aliphatic hydroxyl groups excluding tert-OH is 10. The van der Waals surface area contributed by atoms with Crippen LogP contribution in [0.25, 0.3) is 0 Å². The maximum absolute atomic E-state index is 15.0. The number of aliphatic carboxylic acids is 1. The molecule has 8 rings (SSSR count). The molecule has 0 spiro atoms. The summed E-state index contributed by atoms with van der Waals surface area (Å²) < 4.78 is 34.9. The van der Waals surface area contributed by atoms with E-state index in [-0.39, 0.29) is 34.5 Å². The molecule has 0 aromatic heterocycles. The number of aliphatic hydroxyl groups is 10. The molecule has 3 aliphatic heterocycles. The van der Waals surface area contributed by atoms with E-state index in [1.165, 1.54) is 0 Å². The van der Waals surface area contributed by atoms with Gasteiger partial charge in [-0.3, -0.25) is 4.79 Å². The lowest BCUT2D eigenvalue weighted by Gasteiger charge is -2.71. The monoisotopic (exact) mass is 942 g/mol. The molecule has 3 saturated heterocycles. The lowest BCUT2D eigenvalue weighted by atomic mass is 9.33. The molecule has 8 aliphatic rings. The van der Waals surface area contributed by atoms with Crippen molar-refractivity contribution in [3.63, 3.8) is 0 Å². The van der Waals surface area contributed by atoms with Gasteiger partial charge in [0.2, 0.25) is 6.29 Å². The Kier molecular flexibility index (Phi) is 13.3. The molecule has 0 radical (unpaired) electrons. The summed E-state index contributed by atoms with van der Waals surface area (Å²) in [6.45, 7) is 14.3. The highest BCUT2D eigenvalue weighted by Gasteiger charge is 2.72. The van der Waals surface area contributed by atoms with E-state index in [0.29, 0.717) is 32.1 Å². The van der Waals surface area contributed by atoms with Gasteiger partial charge in [-0.15, -0.1) is 0 Å². The summed E-state index contributed by atoms with van der Waals surface area (Å²) >= 11 is 0. The topological polar surface area (TPSA) is 312 Å². The number of carboxylic acids is 1. The van der Waals surface area contributed by atoms with E-state index in [4.69, 9.17) is 28.4 Å². The maximum Gasteiger partial charge on any atom is 0.335 e. The summed E-state index contributed by atoms with van der Waals surface area (Å²) in [6.07, 6.45) is -17.3. The van der Waals surface area contributed by atoms with Crippen molar-refractivity contribution >= 4 is 11.9 Å². The first-order chi connectivity index (χ1) is 30.7. The summed E-state index contributed by atoms with van der Waals surface area (Å²) in [5.74, 6) is -2.42. The van der Waals surface area contributed by atoms with Crippen LogP contribution in [0.2, 0.25) is 0 Å². The van der Waals surface area contributed by atoms with Crippen molar-refractivity contribution in [1.29, 1.82) is 0 Å². The van der Waals surface area contributed by atoms with Gasteiger partial charge in [-0.05, 0) is 103 Å². The van der Waals surface area contributed by atoms with Gasteiger partial charge in [-0.1, -0.05) is 60.1 Å². The Morgan fingerprint density at radius 3 is 2.02 bits per heavy atom. The molecular formula is C47H74O19. The molecule has 0 aromatic rings. The van der Waals surface area contributed by atoms with E-state index in [9.17, 15) is 65.8 Å². The van der Waals surface area contributed by atoms with Crippen molar-refractivity contribution in [2.24, 2.45) is 50.2 Å². The molecule has 4 saturated carbocycles. The largest absolute Gasteiger partial charge is 0.479 e. The summed E-state index contributed by atoms with van der Waals surface area (Å²) in [4.78, 5) is 26.8. The second-order valence-electron chi connectivity index (χ2n) is 23.2. The number of rotatable bonds is 8. The number of carbonyl (C=O) groups is 2. The van der Waals surface area contributed by atoms with E-state index in [1.807, 2.05) is 0 Å². The van der Waals surface area contributed by atoms with Crippen molar-refractivity contribution in [1.82, 2.24) is 0 Å². The van der Waals surface area contributed by atoms with Gasteiger partial charge in [0.25, 0.3) is 0 Å². The van der Waals surface area contributed by atoms with Crippen molar-refractivity contribution in [2.75, 3.05) is 13.2 Å². The number of allylic oxidation sites excluding steroid dienone is 2. The Labute approximate surface area is 385 Å². The normalized spacial score (nSPS) is 53.2. The minimum atomic E-state index is -1.83. The predicted molar refractivity (Wildman–Crippen MR) is 226 cm³/mol. The highest BCUT2D eigenvalue weighted by atomic mass is 16.7. The Morgan fingerprint density at radius 2 is 1.36 bits per heavy atom. The fourth-order valence-corrected chi connectivity index (χ4v) is 14.9. The second-order valence-corrected chi connectivity index (χ2v) is 23.2. The third-order valence-electron chi connectivity index (χ3n) is 18.9. The summed E-state index contributed by atoms with van der Waals surface area (Å²) in [5.41, 5.74) is -2.14. The third-order valence-corrected chi connectivity index (χ3v) is 18.9. The first kappa shape index (κ1) is 50.5. The smallest absolute Gasteiger partial charge is 0.335 e. The van der Waals surface area contributed by atoms with Gasteiger partial charge >= 0.3 is 11.9 Å². The quantitative estimate of drug-likeness (QED) is 0.0856. The average Bonchev–Trinajstić information content (AvgIpc) is 3.24. The zero-order valence-electron chi connectivity index (χ0n) is 39.0. The van der Waals surface area contributed by atoms with Crippen LogP contribution in [0.3, 0.4) is 0 Å². The molecule has 3 heterocycles. The van der Waals surface area contributed by atoms with Gasteiger partial charge in [0, 0.05) is 0 Å².